The first-order valence-corrected chi connectivity index (χ1v) is 13.7. The average Bonchev–Trinajstić information content (AvgIpc) is 3.22. The number of nitrogens with one attached hydrogen (secondary N) is 4. The van der Waals surface area contributed by atoms with Gasteiger partial charge in [-0.15, -0.1) is 11.8 Å². The summed E-state index contributed by atoms with van der Waals surface area (Å²) >= 11 is 1.59. The number of rotatable bonds is 4. The highest BCUT2D eigenvalue weighted by Gasteiger charge is 2.28. The number of aromatic nitrogens is 1. The fourth-order valence-electron chi connectivity index (χ4n) is 4.28. The molecule has 0 radical (unpaired) electrons. The van der Waals surface area contributed by atoms with Gasteiger partial charge in [0, 0.05) is 36.2 Å². The van der Waals surface area contributed by atoms with Crippen molar-refractivity contribution >= 4 is 46.3 Å². The van der Waals surface area contributed by atoms with Crippen molar-refractivity contribution in [1.82, 2.24) is 25.8 Å². The van der Waals surface area contributed by atoms with Crippen molar-refractivity contribution in [2.45, 2.75) is 57.5 Å². The Bertz CT molecular complexity index is 1090. The summed E-state index contributed by atoms with van der Waals surface area (Å²) in [4.78, 5) is 56.2. The Labute approximate surface area is 216 Å². The number of para-hydroxylation sites is 1. The lowest BCUT2D eigenvalue weighted by Crippen LogP contribution is -2.54. The number of H-pyrrole nitrogens is 1. The number of aryl methyl sites for hydroxylation is 1. The molecule has 3 rings (SSSR count). The smallest absolute Gasteiger partial charge is 0.243 e. The lowest BCUT2D eigenvalue weighted by atomic mass is 9.98. The van der Waals surface area contributed by atoms with Gasteiger partial charge in [0.25, 0.3) is 0 Å². The molecule has 0 saturated heterocycles. The van der Waals surface area contributed by atoms with Crippen LogP contribution in [0.4, 0.5) is 0 Å². The number of thioether (sulfide) groups is 1. The molecule has 1 aliphatic rings. The fraction of sp³-hybridized carbons (Fsp3) is 0.538. The molecule has 1 aliphatic heterocycles. The topological polar surface area (TPSA) is 123 Å². The van der Waals surface area contributed by atoms with E-state index in [1.807, 2.05) is 45.0 Å². The number of hydrogen-bond donors (Lipinski definition) is 4. The van der Waals surface area contributed by atoms with Crippen LogP contribution in [0.5, 0.6) is 0 Å². The molecular formula is C26H37N5O4S. The number of amides is 4. The second-order valence-corrected chi connectivity index (χ2v) is 10.2. The van der Waals surface area contributed by atoms with Crippen LogP contribution in [-0.2, 0) is 25.6 Å². The standard InChI is InChI=1S/C26H37N5O4S/c1-4-13-31-16-22(33)30-24(17(3)5-2)25(35)28-15-21(32)27-12-14-36-26-19(10-11-23(31)34)18-8-6-7-9-20(18)29-26/h6-9,17,24,29H,4-5,10-16H2,1-3H3,(H,27,32)(H,28,35)(H,30,33). The minimum atomic E-state index is -0.780. The summed E-state index contributed by atoms with van der Waals surface area (Å²) in [5, 5.41) is 10.3. The Hall–Kier alpha value is -3.01. The van der Waals surface area contributed by atoms with Crippen molar-refractivity contribution in [2.75, 3.05) is 31.9 Å². The molecule has 2 unspecified atom stereocenters. The van der Waals surface area contributed by atoms with E-state index in [-0.39, 0.29) is 43.1 Å². The Morgan fingerprint density at radius 2 is 1.83 bits per heavy atom. The summed E-state index contributed by atoms with van der Waals surface area (Å²) in [5.41, 5.74) is 2.07. The maximum absolute atomic E-state index is 13.2. The average molecular weight is 516 g/mol. The van der Waals surface area contributed by atoms with Crippen molar-refractivity contribution in [2.24, 2.45) is 5.92 Å². The van der Waals surface area contributed by atoms with Gasteiger partial charge in [0.05, 0.1) is 18.1 Å². The van der Waals surface area contributed by atoms with Crippen molar-refractivity contribution in [3.05, 3.63) is 29.8 Å². The first-order chi connectivity index (χ1) is 17.3. The second kappa shape index (κ2) is 13.3. The van der Waals surface area contributed by atoms with Crippen LogP contribution in [0.2, 0.25) is 0 Å². The van der Waals surface area contributed by atoms with Crippen LogP contribution in [0.3, 0.4) is 0 Å². The Morgan fingerprint density at radius 3 is 2.58 bits per heavy atom. The van der Waals surface area contributed by atoms with Gasteiger partial charge >= 0.3 is 0 Å². The number of benzene rings is 1. The highest BCUT2D eigenvalue weighted by molar-refractivity contribution is 7.99. The second-order valence-electron chi connectivity index (χ2n) is 9.14. The number of aromatic amines is 1. The largest absolute Gasteiger partial charge is 0.354 e. The number of hydrogen-bond acceptors (Lipinski definition) is 5. The van der Waals surface area contributed by atoms with Crippen LogP contribution < -0.4 is 16.0 Å². The summed E-state index contributed by atoms with van der Waals surface area (Å²) in [5.74, 6) is -0.650. The molecule has 2 atom stereocenters. The molecule has 0 bridgehead atoms. The lowest BCUT2D eigenvalue weighted by Gasteiger charge is -2.26. The van der Waals surface area contributed by atoms with Crippen molar-refractivity contribution in [1.29, 1.82) is 0 Å². The highest BCUT2D eigenvalue weighted by atomic mass is 32.2. The van der Waals surface area contributed by atoms with Crippen LogP contribution >= 0.6 is 11.8 Å². The molecule has 0 spiro atoms. The number of carbonyl (C=O) groups excluding carboxylic acids is 4. The maximum atomic E-state index is 13.2. The van der Waals surface area contributed by atoms with E-state index in [1.165, 1.54) is 0 Å². The highest BCUT2D eigenvalue weighted by Crippen LogP contribution is 2.30. The van der Waals surface area contributed by atoms with Crippen LogP contribution in [0.1, 0.15) is 45.6 Å². The summed E-state index contributed by atoms with van der Waals surface area (Å²) in [6.45, 7) is 6.40. The van der Waals surface area contributed by atoms with E-state index in [1.54, 1.807) is 16.7 Å². The molecule has 10 heteroatoms. The van der Waals surface area contributed by atoms with Gasteiger partial charge < -0.3 is 25.8 Å². The summed E-state index contributed by atoms with van der Waals surface area (Å²) < 4.78 is 0. The van der Waals surface area contributed by atoms with Crippen LogP contribution in [-0.4, -0.2) is 71.5 Å². The van der Waals surface area contributed by atoms with E-state index in [4.69, 9.17) is 0 Å². The summed E-state index contributed by atoms with van der Waals surface area (Å²) in [6, 6.07) is 7.21. The van der Waals surface area contributed by atoms with Gasteiger partial charge in [-0.1, -0.05) is 45.4 Å². The third-order valence-electron chi connectivity index (χ3n) is 6.45. The van der Waals surface area contributed by atoms with E-state index in [2.05, 4.69) is 20.9 Å². The molecule has 1 aromatic carbocycles. The van der Waals surface area contributed by atoms with Gasteiger partial charge in [0.2, 0.25) is 23.6 Å². The van der Waals surface area contributed by atoms with Crippen molar-refractivity contribution in [3.63, 3.8) is 0 Å². The molecule has 4 amide bonds. The van der Waals surface area contributed by atoms with Gasteiger partial charge in [-0.25, -0.2) is 0 Å². The van der Waals surface area contributed by atoms with Gasteiger partial charge in [0.15, 0.2) is 0 Å². The zero-order chi connectivity index (χ0) is 26.1. The molecule has 2 aromatic rings. The van der Waals surface area contributed by atoms with E-state index < -0.39 is 11.9 Å². The normalized spacial score (nSPS) is 20.1. The van der Waals surface area contributed by atoms with Crippen LogP contribution in [0.15, 0.2) is 29.3 Å². The molecule has 0 aliphatic carbocycles. The molecule has 196 valence electrons. The summed E-state index contributed by atoms with van der Waals surface area (Å²) in [7, 11) is 0. The number of nitrogens with zero attached hydrogens (tertiary/aromatic N) is 1. The van der Waals surface area contributed by atoms with E-state index >= 15 is 0 Å². The van der Waals surface area contributed by atoms with Crippen LogP contribution in [0, 0.1) is 5.92 Å². The zero-order valence-corrected chi connectivity index (χ0v) is 22.1. The molecule has 9 nitrogen and oxygen atoms in total. The summed E-state index contributed by atoms with van der Waals surface area (Å²) in [6.07, 6.45) is 2.20. The molecule has 2 heterocycles. The lowest BCUT2D eigenvalue weighted by molar-refractivity contribution is -0.137. The quantitative estimate of drug-likeness (QED) is 0.497. The van der Waals surface area contributed by atoms with E-state index in [0.717, 1.165) is 27.9 Å². The third kappa shape index (κ3) is 7.25. The third-order valence-corrected chi connectivity index (χ3v) is 7.50. The Balaban J connectivity index is 1.85. The van der Waals surface area contributed by atoms with Crippen molar-refractivity contribution in [3.8, 4) is 0 Å². The zero-order valence-electron chi connectivity index (χ0n) is 21.3. The minimum absolute atomic E-state index is 0.0915. The number of carbonyl (C=O) groups is 4. The minimum Gasteiger partial charge on any atom is -0.354 e. The van der Waals surface area contributed by atoms with E-state index in [9.17, 15) is 19.2 Å². The van der Waals surface area contributed by atoms with Crippen LogP contribution in [0.25, 0.3) is 10.9 Å². The molecular weight excluding hydrogens is 478 g/mol. The Morgan fingerprint density at radius 1 is 1.06 bits per heavy atom. The first-order valence-electron chi connectivity index (χ1n) is 12.7. The molecule has 36 heavy (non-hydrogen) atoms. The maximum Gasteiger partial charge on any atom is 0.243 e. The SMILES string of the molecule is CCCN1CC(=O)NC(C(C)CC)C(=O)NCC(=O)NCCSc2[nH]c3ccccc3c2CCC1=O. The predicted molar refractivity (Wildman–Crippen MR) is 142 cm³/mol. The molecule has 4 N–H and O–H groups in total. The monoisotopic (exact) mass is 515 g/mol. The van der Waals surface area contributed by atoms with Gasteiger partial charge in [-0.2, -0.15) is 0 Å². The van der Waals surface area contributed by atoms with Gasteiger partial charge in [-0.05, 0) is 30.4 Å². The molecule has 1 aromatic heterocycles. The number of fused-ring (bicyclic) bond motifs is 3. The molecule has 0 fully saturated rings. The molecule has 0 saturated carbocycles. The Kier molecular flexibility index (Phi) is 10.2. The van der Waals surface area contributed by atoms with E-state index in [0.29, 0.717) is 31.7 Å². The predicted octanol–water partition coefficient (Wildman–Crippen LogP) is 2.21. The fourth-order valence-corrected chi connectivity index (χ4v) is 5.25. The van der Waals surface area contributed by atoms with Crippen molar-refractivity contribution < 1.29 is 19.2 Å². The first kappa shape index (κ1) is 27.6. The van der Waals surface area contributed by atoms with Gasteiger partial charge in [-0.3, -0.25) is 19.2 Å². The van der Waals surface area contributed by atoms with Gasteiger partial charge in [0.1, 0.15) is 6.04 Å².